The highest BCUT2D eigenvalue weighted by atomic mass is 16.7. The summed E-state index contributed by atoms with van der Waals surface area (Å²) < 4.78 is 9.73. The van der Waals surface area contributed by atoms with E-state index in [2.05, 4.69) is 4.98 Å². The summed E-state index contributed by atoms with van der Waals surface area (Å²) in [5.74, 6) is 0. The molecule has 5 nitrogen and oxygen atoms in total. The van der Waals surface area contributed by atoms with Gasteiger partial charge in [0.15, 0.2) is 0 Å². The molecule has 0 atom stereocenters. The lowest BCUT2D eigenvalue weighted by molar-refractivity contribution is 0.0174. The fourth-order valence-corrected chi connectivity index (χ4v) is 1.43. The first-order valence-corrected chi connectivity index (χ1v) is 5.43. The average molecular weight is 239 g/mol. The molecule has 0 aliphatic carbocycles. The first-order valence-electron chi connectivity index (χ1n) is 5.43. The van der Waals surface area contributed by atoms with E-state index in [4.69, 9.17) is 9.39 Å². The van der Waals surface area contributed by atoms with Gasteiger partial charge in [-0.25, -0.2) is 4.79 Å². The molecule has 94 valence electrons. The van der Waals surface area contributed by atoms with Crippen molar-refractivity contribution >= 4 is 18.7 Å². The van der Waals surface area contributed by atoms with E-state index in [-0.39, 0.29) is 0 Å². The highest BCUT2D eigenvalue weighted by Crippen LogP contribution is 2.08. The summed E-state index contributed by atoms with van der Waals surface area (Å²) in [7, 11) is -1.31. The van der Waals surface area contributed by atoms with Gasteiger partial charge in [-0.3, -0.25) is 0 Å². The van der Waals surface area contributed by atoms with Gasteiger partial charge in [0.2, 0.25) is 0 Å². The molecular weight excluding hydrogens is 221 g/mol. The minimum atomic E-state index is -1.31. The number of aryl methyl sites for hydroxylation is 2. The second kappa shape index (κ2) is 4.83. The Morgan fingerprint density at radius 1 is 1.41 bits per heavy atom. The summed E-state index contributed by atoms with van der Waals surface area (Å²) in [5.41, 5.74) is 1.55. The topological polar surface area (TPSA) is 71.6 Å². The summed E-state index contributed by atoms with van der Waals surface area (Å²) >= 11 is 0. The van der Waals surface area contributed by atoms with Crippen molar-refractivity contribution < 1.29 is 19.2 Å². The molecule has 0 aliphatic rings. The van der Waals surface area contributed by atoms with Gasteiger partial charge in [0, 0.05) is 16.9 Å². The van der Waals surface area contributed by atoms with E-state index in [1.807, 2.05) is 6.92 Å². The fourth-order valence-electron chi connectivity index (χ4n) is 1.43. The fraction of sp³-hybridized carbons (Fsp3) is 0.545. The van der Waals surface area contributed by atoms with Crippen molar-refractivity contribution in [2.75, 3.05) is 0 Å². The van der Waals surface area contributed by atoms with Crippen LogP contribution in [0.2, 0.25) is 0 Å². The molecule has 0 unspecified atom stereocenters. The zero-order valence-corrected chi connectivity index (χ0v) is 10.8. The van der Waals surface area contributed by atoms with Crippen LogP contribution in [0.4, 0.5) is 4.79 Å². The molecule has 1 heterocycles. The maximum Gasteiger partial charge on any atom is 0.566 e. The van der Waals surface area contributed by atoms with E-state index in [0.29, 0.717) is 5.46 Å². The number of aromatic amines is 1. The Bertz CT molecular complexity index is 408. The molecule has 1 aromatic rings. The van der Waals surface area contributed by atoms with Gasteiger partial charge < -0.3 is 19.4 Å². The number of carbonyl (C=O) groups excluding carboxylic acids is 1. The first-order chi connectivity index (χ1) is 7.69. The minimum Gasteiger partial charge on any atom is -0.473 e. The van der Waals surface area contributed by atoms with Crippen LogP contribution in [0, 0.1) is 13.8 Å². The Hall–Kier alpha value is -1.43. The molecule has 0 bridgehead atoms. The second-order valence-electron chi connectivity index (χ2n) is 4.97. The Balaban J connectivity index is 2.64. The van der Waals surface area contributed by atoms with Crippen molar-refractivity contribution in [2.24, 2.45) is 0 Å². The number of ether oxygens (including phenoxy) is 1. The quantitative estimate of drug-likeness (QED) is 0.602. The monoisotopic (exact) mass is 239 g/mol. The maximum absolute atomic E-state index is 11.3. The third-order valence-corrected chi connectivity index (χ3v) is 2.05. The van der Waals surface area contributed by atoms with Crippen LogP contribution < -0.4 is 5.46 Å². The van der Waals surface area contributed by atoms with Crippen LogP contribution in [0.5, 0.6) is 0 Å². The normalized spacial score (nSPS) is 11.2. The Morgan fingerprint density at radius 2 is 2.00 bits per heavy atom. The van der Waals surface area contributed by atoms with Crippen LogP contribution in [0.1, 0.15) is 32.2 Å². The second-order valence-corrected chi connectivity index (χ2v) is 4.97. The number of nitrogens with one attached hydrogen (secondary N) is 1. The number of rotatable bonds is 2. The van der Waals surface area contributed by atoms with Gasteiger partial charge in [-0.2, -0.15) is 0 Å². The van der Waals surface area contributed by atoms with Crippen LogP contribution in [-0.2, 0) is 9.39 Å². The Labute approximate surface area is 101 Å². The molecule has 1 rings (SSSR count). The minimum absolute atomic E-state index is 0.536. The number of aromatic nitrogens is 1. The van der Waals surface area contributed by atoms with E-state index in [0.717, 1.165) is 11.4 Å². The van der Waals surface area contributed by atoms with Crippen LogP contribution in [-0.4, -0.2) is 28.9 Å². The lowest BCUT2D eigenvalue weighted by Gasteiger charge is -2.19. The number of hydrogen-bond acceptors (Lipinski definition) is 4. The summed E-state index contributed by atoms with van der Waals surface area (Å²) in [4.78, 5) is 14.4. The Morgan fingerprint density at radius 3 is 2.41 bits per heavy atom. The predicted molar refractivity (Wildman–Crippen MR) is 65.2 cm³/mol. The molecule has 17 heavy (non-hydrogen) atoms. The van der Waals surface area contributed by atoms with Crippen molar-refractivity contribution in [2.45, 2.75) is 40.2 Å². The van der Waals surface area contributed by atoms with Gasteiger partial charge in [0.1, 0.15) is 5.60 Å². The van der Waals surface area contributed by atoms with Crippen molar-refractivity contribution in [3.8, 4) is 0 Å². The average Bonchev–Trinajstić information content (AvgIpc) is 2.41. The summed E-state index contributed by atoms with van der Waals surface area (Å²) in [5, 5.41) is 9.74. The molecule has 6 heteroatoms. The number of H-pyrrole nitrogens is 1. The van der Waals surface area contributed by atoms with Crippen molar-refractivity contribution in [3.63, 3.8) is 0 Å². The van der Waals surface area contributed by atoms with E-state index in [9.17, 15) is 9.82 Å². The third-order valence-electron chi connectivity index (χ3n) is 2.05. The molecule has 2 N–H and O–H groups in total. The smallest absolute Gasteiger partial charge is 0.473 e. The summed E-state index contributed by atoms with van der Waals surface area (Å²) in [6.45, 7) is 8.84. The molecule has 1 aromatic heterocycles. The van der Waals surface area contributed by atoms with E-state index in [1.54, 1.807) is 33.8 Å². The molecule has 0 spiro atoms. The van der Waals surface area contributed by atoms with Crippen LogP contribution in [0.3, 0.4) is 0 Å². The van der Waals surface area contributed by atoms with Gasteiger partial charge in [-0.1, -0.05) is 0 Å². The largest absolute Gasteiger partial charge is 0.566 e. The molecule has 0 saturated carbocycles. The zero-order chi connectivity index (χ0) is 13.2. The van der Waals surface area contributed by atoms with Gasteiger partial charge in [0.05, 0.1) is 0 Å². The molecule has 0 fully saturated rings. The van der Waals surface area contributed by atoms with Crippen molar-refractivity contribution in [3.05, 3.63) is 17.5 Å². The molecule has 0 radical (unpaired) electrons. The highest BCUT2D eigenvalue weighted by molar-refractivity contribution is 6.61. The molecule has 0 aromatic carbocycles. The molecule has 0 saturated heterocycles. The third kappa shape index (κ3) is 4.15. The van der Waals surface area contributed by atoms with Gasteiger partial charge in [-0.15, -0.1) is 0 Å². The van der Waals surface area contributed by atoms with Gasteiger partial charge in [-0.05, 0) is 40.7 Å². The van der Waals surface area contributed by atoms with E-state index < -0.39 is 18.9 Å². The van der Waals surface area contributed by atoms with Crippen LogP contribution in [0.25, 0.3) is 0 Å². The predicted octanol–water partition coefficient (Wildman–Crippen LogP) is 1.27. The van der Waals surface area contributed by atoms with E-state index in [1.165, 1.54) is 0 Å². The molecule has 0 amide bonds. The van der Waals surface area contributed by atoms with Gasteiger partial charge >= 0.3 is 13.3 Å². The van der Waals surface area contributed by atoms with Crippen molar-refractivity contribution in [1.29, 1.82) is 0 Å². The first kappa shape index (κ1) is 13.6. The highest BCUT2D eigenvalue weighted by Gasteiger charge is 2.28. The number of carbonyl (C=O) groups is 1. The van der Waals surface area contributed by atoms with Crippen molar-refractivity contribution in [1.82, 2.24) is 4.98 Å². The SMILES string of the molecule is Cc1cc(B(O)OC(=O)OC(C)(C)C)c(C)[nH]1. The standard InChI is InChI=1S/C11H18BNO4/c1-7-6-9(8(2)13-7)12(15)17-10(14)16-11(3,4)5/h6,13,15H,1-5H3. The maximum atomic E-state index is 11.3. The summed E-state index contributed by atoms with van der Waals surface area (Å²) in [6.07, 6.45) is -0.886. The van der Waals surface area contributed by atoms with Crippen LogP contribution >= 0.6 is 0 Å². The lowest BCUT2D eigenvalue weighted by Crippen LogP contribution is -2.38. The lowest BCUT2D eigenvalue weighted by atomic mass is 9.79. The zero-order valence-electron chi connectivity index (χ0n) is 10.8. The van der Waals surface area contributed by atoms with Gasteiger partial charge in [0.25, 0.3) is 0 Å². The van der Waals surface area contributed by atoms with Crippen LogP contribution in [0.15, 0.2) is 6.07 Å². The molecular formula is C11H18BNO4. The molecule has 0 aliphatic heterocycles. The summed E-state index contributed by atoms with van der Waals surface area (Å²) in [6, 6.07) is 1.73. The van der Waals surface area contributed by atoms with E-state index >= 15 is 0 Å². The Kier molecular flexibility index (Phi) is 3.88. The number of hydrogen-bond donors (Lipinski definition) is 2.